The number of hydrogen-bond donors (Lipinski definition) is 0. The van der Waals surface area contributed by atoms with E-state index in [9.17, 15) is 4.57 Å². The van der Waals surface area contributed by atoms with Crippen molar-refractivity contribution in [3.8, 4) is 0 Å². The van der Waals surface area contributed by atoms with Crippen LogP contribution in [-0.4, -0.2) is 10.9 Å². The summed E-state index contributed by atoms with van der Waals surface area (Å²) in [5.74, 6) is 0. The zero-order valence-electron chi connectivity index (χ0n) is 4.93. The average molecular weight is 246 g/mol. The van der Waals surface area contributed by atoms with Crippen molar-refractivity contribution < 1.29 is 9.09 Å². The lowest BCUT2D eigenvalue weighted by Crippen LogP contribution is -2.11. The van der Waals surface area contributed by atoms with Gasteiger partial charge in [0.25, 0.3) is 0 Å². The molecule has 0 aliphatic heterocycles. The molecular formula is C3H5Cl4O2P. The van der Waals surface area contributed by atoms with Gasteiger partial charge in [0.05, 0.1) is 5.38 Å². The lowest BCUT2D eigenvalue weighted by molar-refractivity contribution is 0.297. The molecule has 0 radical (unpaired) electrons. The third-order valence-corrected chi connectivity index (χ3v) is 2.48. The highest BCUT2D eigenvalue weighted by Gasteiger charge is 2.23. The minimum absolute atomic E-state index is 0.493. The maximum absolute atomic E-state index is 10.5. The molecule has 0 saturated heterocycles. The molecule has 0 aromatic rings. The molecule has 0 amide bonds. The third kappa shape index (κ3) is 6.09. The van der Waals surface area contributed by atoms with Crippen molar-refractivity contribution in [2.45, 2.75) is 17.9 Å². The molecule has 0 spiro atoms. The largest absolute Gasteiger partial charge is 0.381 e. The van der Waals surface area contributed by atoms with E-state index in [4.69, 9.17) is 45.7 Å². The quantitative estimate of drug-likeness (QED) is 0.559. The van der Waals surface area contributed by atoms with Crippen LogP contribution in [0.4, 0.5) is 0 Å². The third-order valence-electron chi connectivity index (χ3n) is 0.585. The summed E-state index contributed by atoms with van der Waals surface area (Å²) in [7, 11) is 0. The Balaban J connectivity index is 3.80. The maximum atomic E-state index is 10.5. The summed E-state index contributed by atoms with van der Waals surface area (Å²) in [6.45, 7) is 1.57. The van der Waals surface area contributed by atoms with Crippen molar-refractivity contribution in [1.82, 2.24) is 0 Å². The molecule has 0 fully saturated rings. The van der Waals surface area contributed by atoms with Crippen molar-refractivity contribution >= 4 is 51.8 Å². The Labute approximate surface area is 78.8 Å². The van der Waals surface area contributed by atoms with Crippen molar-refractivity contribution in [1.29, 1.82) is 0 Å². The molecule has 0 saturated carbocycles. The standard InChI is InChI=1S/C3H5Cl4O2P/c1-2(4)3(5)9-10(6,7)8/h2-3H,1H3. The first kappa shape index (κ1) is 11.4. The summed E-state index contributed by atoms with van der Waals surface area (Å²) in [6.07, 6.45) is -3.55. The lowest BCUT2D eigenvalue weighted by atomic mass is 10.5. The second-order valence-corrected chi connectivity index (χ2v) is 6.90. The first-order valence-electron chi connectivity index (χ1n) is 2.29. The summed E-state index contributed by atoms with van der Waals surface area (Å²) in [5.41, 5.74) is -0.928. The minimum Gasteiger partial charge on any atom is -0.285 e. The zero-order chi connectivity index (χ0) is 8.36. The zero-order valence-corrected chi connectivity index (χ0v) is 8.85. The molecule has 0 N–H and O–H groups in total. The highest BCUT2D eigenvalue weighted by Crippen LogP contribution is 2.59. The fourth-order valence-electron chi connectivity index (χ4n) is 0.201. The van der Waals surface area contributed by atoms with Crippen LogP contribution in [0.1, 0.15) is 6.92 Å². The molecule has 0 aliphatic rings. The fraction of sp³-hybridized carbons (Fsp3) is 1.00. The van der Waals surface area contributed by atoms with E-state index in [1.54, 1.807) is 6.92 Å². The SMILES string of the molecule is CC(Cl)C(Cl)OP(=O)(Cl)Cl. The topological polar surface area (TPSA) is 26.3 Å². The predicted octanol–water partition coefficient (Wildman–Crippen LogP) is 3.78. The first-order valence-corrected chi connectivity index (χ1v) is 6.59. The van der Waals surface area contributed by atoms with Crippen LogP contribution in [0.5, 0.6) is 0 Å². The monoisotopic (exact) mass is 244 g/mol. The van der Waals surface area contributed by atoms with Crippen LogP contribution < -0.4 is 0 Å². The Kier molecular flexibility index (Phi) is 4.99. The number of alkyl halides is 2. The van der Waals surface area contributed by atoms with Gasteiger partial charge in [-0.05, 0) is 29.4 Å². The average Bonchev–Trinajstić information content (AvgIpc) is 1.60. The smallest absolute Gasteiger partial charge is 0.285 e. The van der Waals surface area contributed by atoms with Gasteiger partial charge in [0.2, 0.25) is 0 Å². The molecule has 0 aromatic carbocycles. The van der Waals surface area contributed by atoms with Gasteiger partial charge in [-0.1, -0.05) is 11.6 Å². The summed E-state index contributed by atoms with van der Waals surface area (Å²) in [6, 6.07) is 0. The van der Waals surface area contributed by atoms with Crippen molar-refractivity contribution in [2.24, 2.45) is 0 Å². The highest BCUT2D eigenvalue weighted by molar-refractivity contribution is 8.05. The molecule has 0 aliphatic carbocycles. The predicted molar refractivity (Wildman–Crippen MR) is 45.4 cm³/mol. The van der Waals surface area contributed by atoms with Crippen LogP contribution >= 0.6 is 51.8 Å². The van der Waals surface area contributed by atoms with Gasteiger partial charge in [-0.3, -0.25) is 9.09 Å². The molecular weight excluding hydrogens is 241 g/mol. The van der Waals surface area contributed by atoms with Crippen LogP contribution in [0.2, 0.25) is 0 Å². The van der Waals surface area contributed by atoms with Gasteiger partial charge in [0, 0.05) is 0 Å². The molecule has 10 heavy (non-hydrogen) atoms. The number of halogens is 4. The number of hydrogen-bond acceptors (Lipinski definition) is 2. The minimum atomic E-state index is -3.55. The maximum Gasteiger partial charge on any atom is 0.381 e. The van der Waals surface area contributed by atoms with Gasteiger partial charge < -0.3 is 0 Å². The second-order valence-electron chi connectivity index (χ2n) is 1.55. The highest BCUT2D eigenvalue weighted by atomic mass is 35.9. The fourth-order valence-corrected chi connectivity index (χ4v) is 1.84. The van der Waals surface area contributed by atoms with E-state index in [1.165, 1.54) is 0 Å². The van der Waals surface area contributed by atoms with Crippen molar-refractivity contribution in [3.05, 3.63) is 0 Å². The van der Waals surface area contributed by atoms with Crippen LogP contribution in [-0.2, 0) is 9.09 Å². The van der Waals surface area contributed by atoms with E-state index in [0.29, 0.717) is 0 Å². The van der Waals surface area contributed by atoms with Gasteiger partial charge in [-0.25, -0.2) is 0 Å². The normalized spacial score (nSPS) is 18.5. The Morgan fingerprint density at radius 3 is 1.90 bits per heavy atom. The molecule has 2 unspecified atom stereocenters. The van der Waals surface area contributed by atoms with Crippen LogP contribution in [0, 0.1) is 0 Å². The summed E-state index contributed by atoms with van der Waals surface area (Å²) in [4.78, 5) is 0. The van der Waals surface area contributed by atoms with Gasteiger partial charge in [-0.2, -0.15) is 0 Å². The Bertz CT molecular complexity index is 143. The van der Waals surface area contributed by atoms with Gasteiger partial charge in [-0.15, -0.1) is 11.6 Å². The van der Waals surface area contributed by atoms with E-state index in [0.717, 1.165) is 0 Å². The molecule has 7 heteroatoms. The van der Waals surface area contributed by atoms with Crippen molar-refractivity contribution in [2.75, 3.05) is 0 Å². The summed E-state index contributed by atoms with van der Waals surface area (Å²) >= 11 is 20.9. The van der Waals surface area contributed by atoms with Gasteiger partial charge >= 0.3 is 6.07 Å². The molecule has 2 nitrogen and oxygen atoms in total. The lowest BCUT2D eigenvalue weighted by Gasteiger charge is -2.12. The Morgan fingerprint density at radius 1 is 1.40 bits per heavy atom. The van der Waals surface area contributed by atoms with Gasteiger partial charge in [0.15, 0.2) is 5.56 Å². The molecule has 0 heterocycles. The van der Waals surface area contributed by atoms with Gasteiger partial charge in [0.1, 0.15) is 0 Å². The number of rotatable bonds is 3. The van der Waals surface area contributed by atoms with Crippen LogP contribution in [0.15, 0.2) is 0 Å². The summed E-state index contributed by atoms with van der Waals surface area (Å²) < 4.78 is 14.9. The first-order chi connectivity index (χ1) is 4.33. The Hall–Kier alpha value is 1.35. The molecule has 0 bridgehead atoms. The van der Waals surface area contributed by atoms with E-state index >= 15 is 0 Å². The summed E-state index contributed by atoms with van der Waals surface area (Å²) in [5, 5.41) is -0.493. The molecule has 62 valence electrons. The van der Waals surface area contributed by atoms with E-state index in [-0.39, 0.29) is 0 Å². The second kappa shape index (κ2) is 4.39. The molecule has 2 atom stereocenters. The van der Waals surface area contributed by atoms with Crippen LogP contribution in [0.25, 0.3) is 0 Å². The molecule has 0 rings (SSSR count). The van der Waals surface area contributed by atoms with E-state index < -0.39 is 17.0 Å². The Morgan fingerprint density at radius 2 is 1.80 bits per heavy atom. The van der Waals surface area contributed by atoms with Crippen molar-refractivity contribution in [3.63, 3.8) is 0 Å². The molecule has 0 aromatic heterocycles. The van der Waals surface area contributed by atoms with E-state index in [1.807, 2.05) is 0 Å². The van der Waals surface area contributed by atoms with E-state index in [2.05, 4.69) is 4.52 Å². The van der Waals surface area contributed by atoms with Crippen LogP contribution in [0.3, 0.4) is 0 Å².